The van der Waals surface area contributed by atoms with Crippen molar-refractivity contribution in [3.8, 4) is 0 Å². The van der Waals surface area contributed by atoms with E-state index in [-0.39, 0.29) is 30.7 Å². The van der Waals surface area contributed by atoms with Gasteiger partial charge >= 0.3 is 6.09 Å². The number of hydrogen-bond donors (Lipinski definition) is 3. The van der Waals surface area contributed by atoms with Crippen LogP contribution in [0.25, 0.3) is 0 Å². The van der Waals surface area contributed by atoms with Gasteiger partial charge in [0.2, 0.25) is 11.8 Å². The molecular formula is C14H25N3O4. The van der Waals surface area contributed by atoms with Crippen LogP contribution in [-0.4, -0.2) is 43.1 Å². The molecule has 120 valence electrons. The number of hydrogen-bond acceptors (Lipinski definition) is 4. The molecule has 0 heterocycles. The highest BCUT2D eigenvalue weighted by Gasteiger charge is 2.28. The van der Waals surface area contributed by atoms with Gasteiger partial charge in [-0.15, -0.1) is 0 Å². The van der Waals surface area contributed by atoms with Crippen molar-refractivity contribution < 1.29 is 19.1 Å². The van der Waals surface area contributed by atoms with E-state index >= 15 is 0 Å². The molecule has 0 saturated heterocycles. The molecule has 0 unspecified atom stereocenters. The normalized spacial score (nSPS) is 14.2. The Hall–Kier alpha value is -1.79. The van der Waals surface area contributed by atoms with Crippen molar-refractivity contribution in [3.63, 3.8) is 0 Å². The van der Waals surface area contributed by atoms with Crippen LogP contribution in [0.5, 0.6) is 0 Å². The molecule has 3 N–H and O–H groups in total. The van der Waals surface area contributed by atoms with E-state index < -0.39 is 11.7 Å². The van der Waals surface area contributed by atoms with Gasteiger partial charge in [0, 0.05) is 32.0 Å². The van der Waals surface area contributed by atoms with Crippen molar-refractivity contribution in [2.45, 2.75) is 45.6 Å². The minimum Gasteiger partial charge on any atom is -0.444 e. The van der Waals surface area contributed by atoms with Crippen molar-refractivity contribution in [1.29, 1.82) is 0 Å². The summed E-state index contributed by atoms with van der Waals surface area (Å²) in [6, 6.07) is 0. The zero-order chi connectivity index (χ0) is 15.9. The third kappa shape index (κ3) is 8.88. The Balaban J connectivity index is 1.98. The molecule has 0 spiro atoms. The maximum Gasteiger partial charge on any atom is 0.407 e. The van der Waals surface area contributed by atoms with Gasteiger partial charge in [-0.1, -0.05) is 0 Å². The monoisotopic (exact) mass is 299 g/mol. The zero-order valence-electron chi connectivity index (χ0n) is 13.0. The van der Waals surface area contributed by atoms with E-state index in [9.17, 15) is 14.4 Å². The van der Waals surface area contributed by atoms with Gasteiger partial charge in [-0.05, 0) is 33.6 Å². The third-order valence-corrected chi connectivity index (χ3v) is 2.71. The SMILES string of the molecule is CC(C)(C)OC(=O)NCCC(=O)NCCNC(=O)C1CC1. The molecule has 1 aliphatic carbocycles. The standard InChI is InChI=1S/C14H25N3O4/c1-14(2,3)21-13(20)17-7-6-11(18)15-8-9-16-12(19)10-4-5-10/h10H,4-9H2,1-3H3,(H,15,18)(H,16,19)(H,17,20). The number of nitrogens with one attached hydrogen (secondary N) is 3. The lowest BCUT2D eigenvalue weighted by molar-refractivity contribution is -0.123. The predicted octanol–water partition coefficient (Wildman–Crippen LogP) is 0.544. The summed E-state index contributed by atoms with van der Waals surface area (Å²) in [5.74, 6) is 0.0706. The lowest BCUT2D eigenvalue weighted by atomic mass is 10.2. The molecule has 0 aromatic rings. The lowest BCUT2D eigenvalue weighted by Crippen LogP contribution is -2.37. The molecule has 21 heavy (non-hydrogen) atoms. The van der Waals surface area contributed by atoms with Crippen molar-refractivity contribution in [2.75, 3.05) is 19.6 Å². The first-order valence-electron chi connectivity index (χ1n) is 7.29. The molecule has 3 amide bonds. The van der Waals surface area contributed by atoms with Crippen LogP contribution in [0.2, 0.25) is 0 Å². The van der Waals surface area contributed by atoms with Gasteiger partial charge in [0.05, 0.1) is 0 Å². The van der Waals surface area contributed by atoms with Crippen molar-refractivity contribution in [2.24, 2.45) is 5.92 Å². The molecule has 0 atom stereocenters. The second kappa shape index (κ2) is 7.85. The highest BCUT2D eigenvalue weighted by Crippen LogP contribution is 2.28. The topological polar surface area (TPSA) is 96.5 Å². The minimum atomic E-state index is -0.549. The first-order chi connectivity index (χ1) is 9.78. The van der Waals surface area contributed by atoms with Gasteiger partial charge in [0.15, 0.2) is 0 Å². The van der Waals surface area contributed by atoms with E-state index in [1.807, 2.05) is 0 Å². The summed E-state index contributed by atoms with van der Waals surface area (Å²) in [4.78, 5) is 34.1. The van der Waals surface area contributed by atoms with E-state index in [4.69, 9.17) is 4.74 Å². The molecule has 0 aliphatic heterocycles. The fourth-order valence-electron chi connectivity index (χ4n) is 1.56. The van der Waals surface area contributed by atoms with E-state index in [0.29, 0.717) is 13.1 Å². The molecule has 1 fully saturated rings. The zero-order valence-corrected chi connectivity index (χ0v) is 13.0. The average molecular weight is 299 g/mol. The second-order valence-corrected chi connectivity index (χ2v) is 6.09. The number of carbonyl (C=O) groups excluding carboxylic acids is 3. The largest absolute Gasteiger partial charge is 0.444 e. The summed E-state index contributed by atoms with van der Waals surface area (Å²) < 4.78 is 5.04. The molecule has 0 aromatic heterocycles. The fraction of sp³-hybridized carbons (Fsp3) is 0.786. The first-order valence-corrected chi connectivity index (χ1v) is 7.29. The fourth-order valence-corrected chi connectivity index (χ4v) is 1.56. The molecule has 0 aromatic carbocycles. The summed E-state index contributed by atoms with van der Waals surface area (Å²) in [6.07, 6.45) is 1.57. The number of amides is 3. The predicted molar refractivity (Wildman–Crippen MR) is 77.6 cm³/mol. The molecule has 0 radical (unpaired) electrons. The van der Waals surface area contributed by atoms with Crippen LogP contribution in [-0.2, 0) is 14.3 Å². The van der Waals surface area contributed by atoms with Crippen LogP contribution in [0.15, 0.2) is 0 Å². The highest BCUT2D eigenvalue weighted by molar-refractivity contribution is 5.81. The van der Waals surface area contributed by atoms with E-state index in [2.05, 4.69) is 16.0 Å². The van der Waals surface area contributed by atoms with Crippen molar-refractivity contribution in [1.82, 2.24) is 16.0 Å². The number of rotatable bonds is 7. The van der Waals surface area contributed by atoms with Gasteiger partial charge in [-0.2, -0.15) is 0 Å². The van der Waals surface area contributed by atoms with Crippen LogP contribution in [0.4, 0.5) is 4.79 Å². The number of alkyl carbamates (subject to hydrolysis) is 1. The minimum absolute atomic E-state index is 0.0656. The smallest absolute Gasteiger partial charge is 0.407 e. The maximum absolute atomic E-state index is 11.5. The van der Waals surface area contributed by atoms with E-state index in [0.717, 1.165) is 12.8 Å². The number of ether oxygens (including phenoxy) is 1. The number of carbonyl (C=O) groups is 3. The summed E-state index contributed by atoms with van der Waals surface area (Å²) >= 11 is 0. The van der Waals surface area contributed by atoms with E-state index in [1.54, 1.807) is 20.8 Å². The van der Waals surface area contributed by atoms with Gasteiger partial charge in [-0.3, -0.25) is 9.59 Å². The second-order valence-electron chi connectivity index (χ2n) is 6.09. The van der Waals surface area contributed by atoms with Gasteiger partial charge in [-0.25, -0.2) is 4.79 Å². The third-order valence-electron chi connectivity index (χ3n) is 2.71. The lowest BCUT2D eigenvalue weighted by Gasteiger charge is -2.19. The molecule has 7 heteroatoms. The van der Waals surface area contributed by atoms with Crippen LogP contribution in [0.3, 0.4) is 0 Å². The van der Waals surface area contributed by atoms with Crippen LogP contribution in [0.1, 0.15) is 40.0 Å². The molecule has 0 bridgehead atoms. The van der Waals surface area contributed by atoms with Crippen LogP contribution < -0.4 is 16.0 Å². The molecule has 1 aliphatic rings. The van der Waals surface area contributed by atoms with Crippen LogP contribution in [0, 0.1) is 5.92 Å². The first kappa shape index (κ1) is 17.3. The van der Waals surface area contributed by atoms with Gasteiger partial charge in [0.1, 0.15) is 5.60 Å². The summed E-state index contributed by atoms with van der Waals surface area (Å²) in [7, 11) is 0. The van der Waals surface area contributed by atoms with Gasteiger partial charge < -0.3 is 20.7 Å². The van der Waals surface area contributed by atoms with Gasteiger partial charge in [0.25, 0.3) is 0 Å². The Labute approximate surface area is 125 Å². The Kier molecular flexibility index (Phi) is 6.45. The maximum atomic E-state index is 11.5. The summed E-state index contributed by atoms with van der Waals surface area (Å²) in [5.41, 5.74) is -0.549. The van der Waals surface area contributed by atoms with Crippen molar-refractivity contribution in [3.05, 3.63) is 0 Å². The van der Waals surface area contributed by atoms with Crippen LogP contribution >= 0.6 is 0 Å². The Morgan fingerprint density at radius 2 is 1.62 bits per heavy atom. The molecule has 1 saturated carbocycles. The Morgan fingerprint density at radius 1 is 1.00 bits per heavy atom. The average Bonchev–Trinajstić information content (AvgIpc) is 3.16. The van der Waals surface area contributed by atoms with Crippen molar-refractivity contribution >= 4 is 17.9 Å². The Morgan fingerprint density at radius 3 is 2.19 bits per heavy atom. The summed E-state index contributed by atoms with van der Waals surface area (Å²) in [5, 5.41) is 7.94. The molecule has 7 nitrogen and oxygen atoms in total. The molecule has 1 rings (SSSR count). The highest BCUT2D eigenvalue weighted by atomic mass is 16.6. The summed E-state index contributed by atoms with van der Waals surface area (Å²) in [6.45, 7) is 6.36. The molecular weight excluding hydrogens is 274 g/mol. The Bertz CT molecular complexity index is 386. The quantitative estimate of drug-likeness (QED) is 0.598. The van der Waals surface area contributed by atoms with E-state index in [1.165, 1.54) is 0 Å².